The summed E-state index contributed by atoms with van der Waals surface area (Å²) >= 11 is 0. The lowest BCUT2D eigenvalue weighted by molar-refractivity contribution is -0.150. The fourth-order valence-electron chi connectivity index (χ4n) is 3.96. The van der Waals surface area contributed by atoms with Crippen molar-refractivity contribution in [1.82, 2.24) is 0 Å². The van der Waals surface area contributed by atoms with E-state index in [1.165, 1.54) is 6.07 Å². The lowest BCUT2D eigenvalue weighted by atomic mass is 10.1. The number of benzene rings is 2. The molecule has 0 aliphatic heterocycles. The molecule has 224 valence electrons. The zero-order valence-electron chi connectivity index (χ0n) is 24.6. The van der Waals surface area contributed by atoms with Crippen LogP contribution in [-0.2, 0) is 9.53 Å². The minimum atomic E-state index is -0.491. The summed E-state index contributed by atoms with van der Waals surface area (Å²) in [4.78, 5) is 25.5. The van der Waals surface area contributed by atoms with Crippen LogP contribution in [0.2, 0.25) is 0 Å². The highest BCUT2D eigenvalue weighted by atomic mass is 16.7. The highest BCUT2D eigenvalue weighted by Crippen LogP contribution is 2.39. The number of carbonyl (C=O) groups excluding carboxylic acids is 1. The molecule has 1 aromatic heterocycles. The number of fused-ring (bicyclic) bond motifs is 1. The lowest BCUT2D eigenvalue weighted by Crippen LogP contribution is -2.12. The molecule has 0 saturated heterocycles. The number of carbonyl (C=O) groups is 1. The van der Waals surface area contributed by atoms with Gasteiger partial charge < -0.3 is 33.2 Å². The summed E-state index contributed by atoms with van der Waals surface area (Å²) < 4.78 is 34.8. The maximum Gasteiger partial charge on any atom is 0.308 e. The number of unbranched alkanes of at least 4 members (excludes halogenated alkanes) is 3. The number of hydrogen-bond donors (Lipinski definition) is 1. The smallest absolute Gasteiger partial charge is 0.308 e. The fourth-order valence-corrected chi connectivity index (χ4v) is 3.96. The van der Waals surface area contributed by atoms with E-state index in [2.05, 4.69) is 13.8 Å². The molecule has 3 aromatic rings. The molecular weight excluding hydrogens is 528 g/mol. The highest BCUT2D eigenvalue weighted by Gasteiger charge is 2.22. The summed E-state index contributed by atoms with van der Waals surface area (Å²) in [5, 5.41) is 10.8. The average molecular weight is 571 g/mol. The van der Waals surface area contributed by atoms with Gasteiger partial charge in [-0.2, -0.15) is 0 Å². The molecule has 9 nitrogen and oxygen atoms in total. The molecule has 0 aliphatic carbocycles. The van der Waals surface area contributed by atoms with Crippen LogP contribution in [0.15, 0.2) is 39.5 Å². The molecular formula is C32H42O9. The first-order chi connectivity index (χ1) is 19.9. The number of rotatable bonds is 18. The van der Waals surface area contributed by atoms with Gasteiger partial charge in [-0.15, -0.1) is 0 Å². The summed E-state index contributed by atoms with van der Waals surface area (Å²) in [6, 6.07) is 8.13. The topological polar surface area (TPSA) is 114 Å². The van der Waals surface area contributed by atoms with Gasteiger partial charge in [-0.3, -0.25) is 9.59 Å². The van der Waals surface area contributed by atoms with Crippen LogP contribution in [0.1, 0.15) is 79.1 Å². The van der Waals surface area contributed by atoms with Gasteiger partial charge in [-0.25, -0.2) is 0 Å². The first-order valence-electron chi connectivity index (χ1n) is 14.6. The van der Waals surface area contributed by atoms with E-state index >= 15 is 0 Å². The molecule has 9 heteroatoms. The first kappa shape index (κ1) is 31.6. The third kappa shape index (κ3) is 8.80. The third-order valence-electron chi connectivity index (χ3n) is 6.27. The van der Waals surface area contributed by atoms with Crippen LogP contribution in [-0.4, -0.2) is 37.7 Å². The van der Waals surface area contributed by atoms with E-state index in [4.69, 9.17) is 28.1 Å². The number of phenolic OH excluding ortho intramolecular Hbond substituents is 1. The summed E-state index contributed by atoms with van der Waals surface area (Å²) in [7, 11) is 0. The van der Waals surface area contributed by atoms with Crippen molar-refractivity contribution >= 4 is 16.9 Å². The van der Waals surface area contributed by atoms with E-state index in [0.717, 1.165) is 38.5 Å². The molecule has 3 rings (SSSR count). The Morgan fingerprint density at radius 2 is 1.49 bits per heavy atom. The Morgan fingerprint density at radius 3 is 2.17 bits per heavy atom. The molecule has 41 heavy (non-hydrogen) atoms. The van der Waals surface area contributed by atoms with Gasteiger partial charge in [-0.1, -0.05) is 47.0 Å². The summed E-state index contributed by atoms with van der Waals surface area (Å²) in [5.74, 6) is 0.750. The van der Waals surface area contributed by atoms with Crippen molar-refractivity contribution in [3.8, 4) is 40.1 Å². The predicted molar refractivity (Wildman–Crippen MR) is 157 cm³/mol. The second kappa shape index (κ2) is 16.4. The van der Waals surface area contributed by atoms with E-state index in [1.54, 1.807) is 24.3 Å². The Labute approximate surface area is 241 Å². The van der Waals surface area contributed by atoms with Crippen molar-refractivity contribution < 1.29 is 38.0 Å². The molecule has 0 fully saturated rings. The van der Waals surface area contributed by atoms with Crippen LogP contribution in [0.3, 0.4) is 0 Å². The van der Waals surface area contributed by atoms with Crippen LogP contribution in [0, 0.1) is 0 Å². The molecule has 0 atom stereocenters. The van der Waals surface area contributed by atoms with E-state index in [0.29, 0.717) is 55.5 Å². The molecule has 0 amide bonds. The van der Waals surface area contributed by atoms with Gasteiger partial charge >= 0.3 is 5.97 Å². The van der Waals surface area contributed by atoms with Gasteiger partial charge in [0.15, 0.2) is 17.3 Å². The molecule has 1 N–H and O–H groups in total. The molecule has 1 heterocycles. The van der Waals surface area contributed by atoms with Crippen molar-refractivity contribution in [2.45, 2.75) is 79.1 Å². The molecule has 0 aliphatic rings. The van der Waals surface area contributed by atoms with E-state index in [1.807, 2.05) is 13.8 Å². The Hall–Kier alpha value is -3.88. The number of phenols is 1. The maximum atomic E-state index is 13.6. The zero-order chi connectivity index (χ0) is 29.6. The summed E-state index contributed by atoms with van der Waals surface area (Å²) in [6.07, 6.45) is 6.18. The normalized spacial score (nSPS) is 10.9. The Kier molecular flexibility index (Phi) is 12.7. The monoisotopic (exact) mass is 570 g/mol. The summed E-state index contributed by atoms with van der Waals surface area (Å²) in [5.41, 5.74) is 0.165. The van der Waals surface area contributed by atoms with Crippen LogP contribution < -0.4 is 24.4 Å². The van der Waals surface area contributed by atoms with Crippen molar-refractivity contribution in [3.05, 3.63) is 40.6 Å². The molecule has 0 bridgehead atoms. The Bertz CT molecular complexity index is 1330. The zero-order valence-corrected chi connectivity index (χ0v) is 24.6. The lowest BCUT2D eigenvalue weighted by Gasteiger charge is -2.16. The van der Waals surface area contributed by atoms with Gasteiger partial charge in [0.1, 0.15) is 22.5 Å². The van der Waals surface area contributed by atoms with Crippen LogP contribution in [0.4, 0.5) is 0 Å². The summed E-state index contributed by atoms with van der Waals surface area (Å²) in [6.45, 7) is 9.00. The van der Waals surface area contributed by atoms with Gasteiger partial charge in [-0.05, 0) is 43.9 Å². The number of aromatic hydroxyl groups is 1. The van der Waals surface area contributed by atoms with Gasteiger partial charge in [0, 0.05) is 24.1 Å². The van der Waals surface area contributed by atoms with E-state index < -0.39 is 5.43 Å². The van der Waals surface area contributed by atoms with Gasteiger partial charge in [0.25, 0.3) is 0 Å². The highest BCUT2D eigenvalue weighted by molar-refractivity contribution is 5.88. The largest absolute Gasteiger partial charge is 0.507 e. The molecule has 0 radical (unpaired) electrons. The minimum absolute atomic E-state index is 0.0131. The molecule has 0 spiro atoms. The van der Waals surface area contributed by atoms with Crippen molar-refractivity contribution in [3.63, 3.8) is 0 Å². The van der Waals surface area contributed by atoms with Gasteiger partial charge in [0.05, 0.1) is 19.8 Å². The Balaban J connectivity index is 2.08. The maximum absolute atomic E-state index is 13.6. The quantitative estimate of drug-likeness (QED) is 0.0950. The first-order valence-corrected chi connectivity index (χ1v) is 14.6. The number of hydrogen-bond acceptors (Lipinski definition) is 9. The molecule has 0 saturated carbocycles. The van der Waals surface area contributed by atoms with Crippen molar-refractivity contribution in [2.75, 3.05) is 26.6 Å². The minimum Gasteiger partial charge on any atom is -0.507 e. The van der Waals surface area contributed by atoms with Crippen molar-refractivity contribution in [1.29, 1.82) is 0 Å². The van der Waals surface area contributed by atoms with Crippen LogP contribution in [0.25, 0.3) is 22.3 Å². The molecule has 2 aromatic carbocycles. The van der Waals surface area contributed by atoms with E-state index in [9.17, 15) is 14.7 Å². The third-order valence-corrected chi connectivity index (χ3v) is 6.27. The Morgan fingerprint density at radius 1 is 0.805 bits per heavy atom. The predicted octanol–water partition coefficient (Wildman–Crippen LogP) is 7.38. The van der Waals surface area contributed by atoms with Gasteiger partial charge in [0.2, 0.25) is 18.0 Å². The number of esters is 1. The second-order valence-corrected chi connectivity index (χ2v) is 9.70. The average Bonchev–Trinajstić information content (AvgIpc) is 2.95. The van der Waals surface area contributed by atoms with Crippen LogP contribution in [0.5, 0.6) is 28.7 Å². The van der Waals surface area contributed by atoms with E-state index in [-0.39, 0.29) is 41.0 Å². The van der Waals surface area contributed by atoms with Crippen molar-refractivity contribution in [2.24, 2.45) is 0 Å². The SMILES string of the molecule is CCCCOc1cc(O)c2c(=O)c(OCCCC)c(-c3ccc(OCCCC)c(OCOC(=O)CCC)c3)oc2c1. The van der Waals surface area contributed by atoms with Crippen LogP contribution >= 0.6 is 0 Å². The molecule has 0 unspecified atom stereocenters. The second-order valence-electron chi connectivity index (χ2n) is 9.70. The standard InChI is InChI=1S/C32H42O9/c1-5-9-15-36-23-19-24(33)29-27(20-23)41-31(32(30(29)35)38-17-11-7-3)22-13-14-25(37-16-10-6-2)26(18-22)39-21-40-28(34)12-8-4/h13-14,18-20,33H,5-12,15-17,21H2,1-4H3. The fraction of sp³-hybridized carbons (Fsp3) is 0.500. The number of ether oxygens (including phenoxy) is 5.